The van der Waals surface area contributed by atoms with Crippen LogP contribution >= 0.6 is 11.3 Å². The molecular formula is C11H12N2S. The Morgan fingerprint density at radius 3 is 2.57 bits per heavy atom. The molecule has 0 aliphatic carbocycles. The van der Waals surface area contributed by atoms with Crippen molar-refractivity contribution < 1.29 is 0 Å². The largest absolute Gasteiger partial charge is 0.375 e. The van der Waals surface area contributed by atoms with Gasteiger partial charge in [-0.1, -0.05) is 37.3 Å². The van der Waals surface area contributed by atoms with E-state index in [0.29, 0.717) is 11.0 Å². The molecule has 1 heterocycles. The van der Waals surface area contributed by atoms with Crippen LogP contribution in [0.3, 0.4) is 0 Å². The SMILES string of the molecule is C[C@H](c1ccccc1)c1csc(N)n1. The van der Waals surface area contributed by atoms with Crippen LogP contribution in [-0.2, 0) is 0 Å². The van der Waals surface area contributed by atoms with Gasteiger partial charge in [-0.25, -0.2) is 4.98 Å². The maximum absolute atomic E-state index is 5.60. The molecule has 0 fully saturated rings. The Bertz CT molecular complexity index is 408. The van der Waals surface area contributed by atoms with Crippen molar-refractivity contribution in [1.29, 1.82) is 0 Å². The lowest BCUT2D eigenvalue weighted by atomic mass is 9.99. The zero-order chi connectivity index (χ0) is 9.97. The van der Waals surface area contributed by atoms with Gasteiger partial charge in [0.15, 0.2) is 5.13 Å². The van der Waals surface area contributed by atoms with Gasteiger partial charge in [0.05, 0.1) is 5.69 Å². The molecule has 3 heteroatoms. The van der Waals surface area contributed by atoms with Crippen LogP contribution in [0.15, 0.2) is 35.7 Å². The molecule has 0 spiro atoms. The molecule has 0 saturated heterocycles. The number of thiazole rings is 1. The Kier molecular flexibility index (Phi) is 2.50. The average molecular weight is 204 g/mol. The molecule has 1 atom stereocenters. The van der Waals surface area contributed by atoms with Crippen molar-refractivity contribution in [1.82, 2.24) is 4.98 Å². The second kappa shape index (κ2) is 3.80. The van der Waals surface area contributed by atoms with Crippen molar-refractivity contribution in [2.45, 2.75) is 12.8 Å². The smallest absolute Gasteiger partial charge is 0.180 e. The number of nitrogen functional groups attached to an aromatic ring is 1. The third-order valence-electron chi connectivity index (χ3n) is 2.28. The average Bonchev–Trinajstić information content (AvgIpc) is 2.65. The first-order valence-corrected chi connectivity index (χ1v) is 5.41. The summed E-state index contributed by atoms with van der Waals surface area (Å²) in [5.41, 5.74) is 7.93. The molecule has 0 radical (unpaired) electrons. The second-order valence-electron chi connectivity index (χ2n) is 3.24. The zero-order valence-corrected chi connectivity index (χ0v) is 8.79. The van der Waals surface area contributed by atoms with Crippen LogP contribution in [0.2, 0.25) is 0 Å². The quantitative estimate of drug-likeness (QED) is 0.817. The number of rotatable bonds is 2. The van der Waals surface area contributed by atoms with Crippen molar-refractivity contribution in [3.8, 4) is 0 Å². The molecule has 0 unspecified atom stereocenters. The molecular weight excluding hydrogens is 192 g/mol. The minimum absolute atomic E-state index is 0.324. The lowest BCUT2D eigenvalue weighted by molar-refractivity contribution is 0.886. The number of hydrogen-bond donors (Lipinski definition) is 1. The lowest BCUT2D eigenvalue weighted by Gasteiger charge is -2.07. The second-order valence-corrected chi connectivity index (χ2v) is 4.13. The van der Waals surface area contributed by atoms with Crippen molar-refractivity contribution in [2.75, 3.05) is 5.73 Å². The minimum atomic E-state index is 0.324. The molecule has 14 heavy (non-hydrogen) atoms. The van der Waals surface area contributed by atoms with Gasteiger partial charge in [0, 0.05) is 11.3 Å². The predicted octanol–water partition coefficient (Wildman–Crippen LogP) is 2.88. The molecule has 1 aromatic heterocycles. The van der Waals surface area contributed by atoms with Gasteiger partial charge >= 0.3 is 0 Å². The molecule has 2 rings (SSSR count). The maximum Gasteiger partial charge on any atom is 0.180 e. The summed E-state index contributed by atoms with van der Waals surface area (Å²) < 4.78 is 0. The number of nitrogens with two attached hydrogens (primary N) is 1. The minimum Gasteiger partial charge on any atom is -0.375 e. The highest BCUT2D eigenvalue weighted by molar-refractivity contribution is 7.13. The third-order valence-corrected chi connectivity index (χ3v) is 2.98. The first-order valence-electron chi connectivity index (χ1n) is 4.53. The summed E-state index contributed by atoms with van der Waals surface area (Å²) in [4.78, 5) is 4.28. The Labute approximate surface area is 87.4 Å². The molecule has 1 aromatic carbocycles. The number of hydrogen-bond acceptors (Lipinski definition) is 3. The van der Waals surface area contributed by atoms with E-state index in [1.165, 1.54) is 16.9 Å². The summed E-state index contributed by atoms with van der Waals surface area (Å²) >= 11 is 1.49. The van der Waals surface area contributed by atoms with Crippen LogP contribution in [0, 0.1) is 0 Å². The van der Waals surface area contributed by atoms with Crippen LogP contribution in [0.5, 0.6) is 0 Å². The highest BCUT2D eigenvalue weighted by Gasteiger charge is 2.10. The summed E-state index contributed by atoms with van der Waals surface area (Å²) in [7, 11) is 0. The molecule has 2 N–H and O–H groups in total. The highest BCUT2D eigenvalue weighted by atomic mass is 32.1. The van der Waals surface area contributed by atoms with E-state index < -0.39 is 0 Å². The topological polar surface area (TPSA) is 38.9 Å². The predicted molar refractivity (Wildman–Crippen MR) is 60.5 cm³/mol. The van der Waals surface area contributed by atoms with Crippen LogP contribution < -0.4 is 5.73 Å². The molecule has 0 amide bonds. The Morgan fingerprint density at radius 2 is 2.00 bits per heavy atom. The normalized spacial score (nSPS) is 12.6. The van der Waals surface area contributed by atoms with E-state index in [-0.39, 0.29) is 0 Å². The molecule has 2 nitrogen and oxygen atoms in total. The zero-order valence-electron chi connectivity index (χ0n) is 7.97. The van der Waals surface area contributed by atoms with Gasteiger partial charge in [0.1, 0.15) is 0 Å². The van der Waals surface area contributed by atoms with Crippen molar-refractivity contribution in [3.63, 3.8) is 0 Å². The Balaban J connectivity index is 2.29. The van der Waals surface area contributed by atoms with E-state index in [1.54, 1.807) is 0 Å². The molecule has 0 saturated carbocycles. The summed E-state index contributed by atoms with van der Waals surface area (Å²) in [6.45, 7) is 2.14. The fraction of sp³-hybridized carbons (Fsp3) is 0.182. The van der Waals surface area contributed by atoms with E-state index in [2.05, 4.69) is 24.0 Å². The maximum atomic E-state index is 5.60. The standard InChI is InChI=1S/C11H12N2S/c1-8(9-5-3-2-4-6-9)10-7-14-11(12)13-10/h2-8H,1H3,(H2,12,13)/t8-/m1/s1. The first kappa shape index (κ1) is 9.21. The van der Waals surface area contributed by atoms with Crippen molar-refractivity contribution >= 4 is 16.5 Å². The van der Waals surface area contributed by atoms with E-state index in [4.69, 9.17) is 5.73 Å². The van der Waals surface area contributed by atoms with Gasteiger partial charge in [-0.3, -0.25) is 0 Å². The molecule has 72 valence electrons. The van der Waals surface area contributed by atoms with E-state index in [9.17, 15) is 0 Å². The van der Waals surface area contributed by atoms with E-state index in [0.717, 1.165) is 5.69 Å². The van der Waals surface area contributed by atoms with E-state index >= 15 is 0 Å². The van der Waals surface area contributed by atoms with Gasteiger partial charge in [0.2, 0.25) is 0 Å². The Hall–Kier alpha value is -1.35. The van der Waals surface area contributed by atoms with Crippen molar-refractivity contribution in [3.05, 3.63) is 47.0 Å². The van der Waals surface area contributed by atoms with Crippen molar-refractivity contribution in [2.24, 2.45) is 0 Å². The third kappa shape index (κ3) is 1.77. The number of anilines is 1. The van der Waals surface area contributed by atoms with Crippen LogP contribution in [0.1, 0.15) is 24.1 Å². The Morgan fingerprint density at radius 1 is 1.29 bits per heavy atom. The fourth-order valence-electron chi connectivity index (χ4n) is 1.41. The van der Waals surface area contributed by atoms with Crippen LogP contribution in [0.4, 0.5) is 5.13 Å². The fourth-order valence-corrected chi connectivity index (χ4v) is 2.07. The van der Waals surface area contributed by atoms with Crippen LogP contribution in [-0.4, -0.2) is 4.98 Å². The lowest BCUT2D eigenvalue weighted by Crippen LogP contribution is -1.96. The van der Waals surface area contributed by atoms with Crippen LogP contribution in [0.25, 0.3) is 0 Å². The van der Waals surface area contributed by atoms with E-state index in [1.807, 2.05) is 23.6 Å². The van der Waals surface area contributed by atoms with Gasteiger partial charge in [-0.05, 0) is 5.56 Å². The van der Waals surface area contributed by atoms with Gasteiger partial charge < -0.3 is 5.73 Å². The number of aromatic nitrogens is 1. The number of benzene rings is 1. The van der Waals surface area contributed by atoms with Gasteiger partial charge in [-0.2, -0.15) is 0 Å². The van der Waals surface area contributed by atoms with Gasteiger partial charge in [0.25, 0.3) is 0 Å². The summed E-state index contributed by atoms with van der Waals surface area (Å²) in [5, 5.41) is 2.66. The summed E-state index contributed by atoms with van der Waals surface area (Å²) in [6, 6.07) is 10.3. The molecule has 2 aromatic rings. The molecule has 0 aliphatic rings. The monoisotopic (exact) mass is 204 g/mol. The number of nitrogens with zero attached hydrogens (tertiary/aromatic N) is 1. The highest BCUT2D eigenvalue weighted by Crippen LogP contribution is 2.25. The molecule has 0 bridgehead atoms. The first-order chi connectivity index (χ1) is 6.77. The van der Waals surface area contributed by atoms with Gasteiger partial charge in [-0.15, -0.1) is 11.3 Å². The summed E-state index contributed by atoms with van der Waals surface area (Å²) in [6.07, 6.45) is 0. The summed E-state index contributed by atoms with van der Waals surface area (Å²) in [5.74, 6) is 0.324. The molecule has 0 aliphatic heterocycles.